The molecule has 10 heavy (non-hydrogen) atoms. The average Bonchev–Trinajstić information content (AvgIpc) is 2.13. The summed E-state index contributed by atoms with van der Waals surface area (Å²) in [5, 5.41) is 16.7. The molecule has 1 rings (SSSR count). The molecule has 0 aliphatic heterocycles. The Hall–Kier alpha value is -0.935. The summed E-state index contributed by atoms with van der Waals surface area (Å²) < 4.78 is 6.27. The molecule has 4 nitrogen and oxygen atoms in total. The van der Waals surface area contributed by atoms with Crippen molar-refractivity contribution in [3.8, 4) is 5.75 Å². The first kappa shape index (κ1) is 7.18. The molecular weight excluding hydrogens is 133 g/mol. The van der Waals surface area contributed by atoms with Crippen LogP contribution < -0.4 is 4.65 Å². The molecule has 0 amide bonds. The van der Waals surface area contributed by atoms with Crippen LogP contribution in [0.4, 0.5) is 0 Å². The molecule has 1 heterocycles. The number of aryl methyl sites for hydroxylation is 1. The highest BCUT2D eigenvalue weighted by molar-refractivity contribution is 6.33. The van der Waals surface area contributed by atoms with Gasteiger partial charge in [0.05, 0.1) is 0 Å². The SMILES string of the molecule is Cn1ccc(OB(O)O)c1. The molecule has 0 radical (unpaired) electrons. The third-order valence-electron chi connectivity index (χ3n) is 1.05. The van der Waals surface area contributed by atoms with Crippen molar-refractivity contribution in [1.82, 2.24) is 4.57 Å². The van der Waals surface area contributed by atoms with Crippen LogP contribution in [0.25, 0.3) is 0 Å². The lowest BCUT2D eigenvalue weighted by Gasteiger charge is -1.98. The summed E-state index contributed by atoms with van der Waals surface area (Å²) in [6.45, 7) is 0. The minimum atomic E-state index is -1.73. The van der Waals surface area contributed by atoms with Crippen molar-refractivity contribution in [2.75, 3.05) is 0 Å². The number of hydrogen-bond donors (Lipinski definition) is 2. The minimum absolute atomic E-state index is 0.442. The molecule has 0 saturated heterocycles. The second kappa shape index (κ2) is 2.77. The smallest absolute Gasteiger partial charge is 0.511 e. The number of aromatic nitrogens is 1. The molecular formula is C5H8BNO3. The van der Waals surface area contributed by atoms with E-state index in [-0.39, 0.29) is 0 Å². The second-order valence-corrected chi connectivity index (χ2v) is 1.96. The number of hydrogen-bond acceptors (Lipinski definition) is 3. The summed E-state index contributed by atoms with van der Waals surface area (Å²) in [7, 11) is 0.0822. The van der Waals surface area contributed by atoms with Gasteiger partial charge < -0.3 is 19.3 Å². The van der Waals surface area contributed by atoms with E-state index in [1.165, 1.54) is 0 Å². The molecule has 0 unspecified atom stereocenters. The highest BCUT2D eigenvalue weighted by Gasteiger charge is 2.10. The van der Waals surface area contributed by atoms with E-state index in [2.05, 4.69) is 4.65 Å². The zero-order chi connectivity index (χ0) is 7.56. The van der Waals surface area contributed by atoms with Crippen LogP contribution in [-0.2, 0) is 7.05 Å². The van der Waals surface area contributed by atoms with E-state index in [0.29, 0.717) is 5.75 Å². The van der Waals surface area contributed by atoms with Crippen LogP contribution in [0.5, 0.6) is 5.75 Å². The molecule has 0 atom stereocenters. The standard InChI is InChI=1S/C5H8BNO3/c1-7-3-2-5(4-7)10-6(8)9/h2-4,8-9H,1H3. The zero-order valence-corrected chi connectivity index (χ0v) is 5.56. The predicted octanol–water partition coefficient (Wildman–Crippen LogP) is -0.627. The third-order valence-corrected chi connectivity index (χ3v) is 1.05. The van der Waals surface area contributed by atoms with Crippen molar-refractivity contribution < 1.29 is 14.7 Å². The van der Waals surface area contributed by atoms with Crippen LogP contribution in [0.1, 0.15) is 0 Å². The summed E-state index contributed by atoms with van der Waals surface area (Å²) in [5.41, 5.74) is 0. The van der Waals surface area contributed by atoms with Gasteiger partial charge in [-0.1, -0.05) is 0 Å². The van der Waals surface area contributed by atoms with Crippen molar-refractivity contribution in [2.45, 2.75) is 0 Å². The van der Waals surface area contributed by atoms with Crippen LogP contribution in [0.15, 0.2) is 18.5 Å². The van der Waals surface area contributed by atoms with E-state index >= 15 is 0 Å². The highest BCUT2D eigenvalue weighted by Crippen LogP contribution is 2.08. The fourth-order valence-corrected chi connectivity index (χ4v) is 0.669. The zero-order valence-electron chi connectivity index (χ0n) is 5.56. The van der Waals surface area contributed by atoms with Gasteiger partial charge in [-0.05, 0) is 6.07 Å². The van der Waals surface area contributed by atoms with Gasteiger partial charge in [0, 0.05) is 19.4 Å². The first-order valence-electron chi connectivity index (χ1n) is 2.83. The maximum Gasteiger partial charge on any atom is 0.707 e. The molecule has 0 aliphatic rings. The molecule has 0 aliphatic carbocycles. The van der Waals surface area contributed by atoms with E-state index in [4.69, 9.17) is 10.0 Å². The minimum Gasteiger partial charge on any atom is -0.511 e. The van der Waals surface area contributed by atoms with Gasteiger partial charge in [0.2, 0.25) is 0 Å². The van der Waals surface area contributed by atoms with E-state index in [0.717, 1.165) is 0 Å². The van der Waals surface area contributed by atoms with E-state index < -0.39 is 7.32 Å². The van der Waals surface area contributed by atoms with Gasteiger partial charge in [-0.15, -0.1) is 0 Å². The quantitative estimate of drug-likeness (QED) is 0.539. The normalized spacial score (nSPS) is 9.50. The summed E-state index contributed by atoms with van der Waals surface area (Å²) in [6.07, 6.45) is 3.39. The summed E-state index contributed by atoms with van der Waals surface area (Å²) in [6, 6.07) is 1.64. The topological polar surface area (TPSA) is 54.6 Å². The van der Waals surface area contributed by atoms with Crippen LogP contribution in [0.3, 0.4) is 0 Å². The van der Waals surface area contributed by atoms with Gasteiger partial charge in [0.15, 0.2) is 0 Å². The summed E-state index contributed by atoms with van der Waals surface area (Å²) in [4.78, 5) is 0. The Bertz CT molecular complexity index is 210. The predicted molar refractivity (Wildman–Crippen MR) is 36.2 cm³/mol. The molecule has 0 saturated carbocycles. The first-order valence-corrected chi connectivity index (χ1v) is 2.83. The molecule has 0 spiro atoms. The second-order valence-electron chi connectivity index (χ2n) is 1.96. The van der Waals surface area contributed by atoms with E-state index in [1.54, 1.807) is 23.0 Å². The fraction of sp³-hybridized carbons (Fsp3) is 0.200. The number of rotatable bonds is 2. The van der Waals surface area contributed by atoms with E-state index in [9.17, 15) is 0 Å². The Morgan fingerprint density at radius 2 is 2.30 bits per heavy atom. The van der Waals surface area contributed by atoms with Gasteiger partial charge in [-0.25, -0.2) is 0 Å². The molecule has 0 aromatic carbocycles. The van der Waals surface area contributed by atoms with E-state index in [1.807, 2.05) is 7.05 Å². The monoisotopic (exact) mass is 141 g/mol. The van der Waals surface area contributed by atoms with Crippen molar-refractivity contribution >= 4 is 7.32 Å². The van der Waals surface area contributed by atoms with Gasteiger partial charge >= 0.3 is 7.32 Å². The van der Waals surface area contributed by atoms with Crippen molar-refractivity contribution in [3.63, 3.8) is 0 Å². The molecule has 0 bridgehead atoms. The summed E-state index contributed by atoms with van der Waals surface area (Å²) in [5.74, 6) is 0.442. The van der Waals surface area contributed by atoms with Crippen LogP contribution >= 0.6 is 0 Å². The molecule has 1 aromatic heterocycles. The maximum absolute atomic E-state index is 8.34. The van der Waals surface area contributed by atoms with Crippen LogP contribution in [0.2, 0.25) is 0 Å². The number of nitrogens with zero attached hydrogens (tertiary/aromatic N) is 1. The maximum atomic E-state index is 8.34. The Balaban J connectivity index is 2.58. The summed E-state index contributed by atoms with van der Waals surface area (Å²) >= 11 is 0. The molecule has 1 aromatic rings. The van der Waals surface area contributed by atoms with Crippen molar-refractivity contribution in [3.05, 3.63) is 18.5 Å². The Morgan fingerprint density at radius 1 is 1.60 bits per heavy atom. The lowest BCUT2D eigenvalue weighted by atomic mass is 10.2. The van der Waals surface area contributed by atoms with Gasteiger partial charge in [-0.2, -0.15) is 0 Å². The van der Waals surface area contributed by atoms with Crippen LogP contribution in [-0.4, -0.2) is 21.9 Å². The molecule has 5 heteroatoms. The molecule has 2 N–H and O–H groups in total. The highest BCUT2D eigenvalue weighted by atomic mass is 16.6. The largest absolute Gasteiger partial charge is 0.707 e. The molecule has 54 valence electrons. The van der Waals surface area contributed by atoms with Crippen LogP contribution in [0, 0.1) is 0 Å². The van der Waals surface area contributed by atoms with Crippen molar-refractivity contribution in [2.24, 2.45) is 7.05 Å². The molecule has 0 fully saturated rings. The lowest BCUT2D eigenvalue weighted by molar-refractivity contribution is 0.288. The first-order chi connectivity index (χ1) is 4.68. The average molecular weight is 141 g/mol. The van der Waals surface area contributed by atoms with Gasteiger partial charge in [0.1, 0.15) is 5.75 Å². The van der Waals surface area contributed by atoms with Gasteiger partial charge in [0.25, 0.3) is 0 Å². The Labute approximate surface area is 58.8 Å². The van der Waals surface area contributed by atoms with Gasteiger partial charge in [-0.3, -0.25) is 0 Å². The van der Waals surface area contributed by atoms with Crippen molar-refractivity contribution in [1.29, 1.82) is 0 Å². The Morgan fingerprint density at radius 3 is 2.70 bits per heavy atom. The fourth-order valence-electron chi connectivity index (χ4n) is 0.669. The Kier molecular flexibility index (Phi) is 1.98. The third kappa shape index (κ3) is 1.79. The lowest BCUT2D eigenvalue weighted by Crippen LogP contribution is -2.20.